The Kier molecular flexibility index (Phi) is 6.72. The lowest BCUT2D eigenvalue weighted by Crippen LogP contribution is -2.24. The fraction of sp³-hybridized carbons (Fsp3) is 0.0185. The Balaban J connectivity index is 0.972. The van der Waals surface area contributed by atoms with Crippen molar-refractivity contribution < 1.29 is 4.42 Å². The van der Waals surface area contributed by atoms with E-state index in [1.807, 2.05) is 12.1 Å². The predicted octanol–water partition coefficient (Wildman–Crippen LogP) is 14.0. The zero-order valence-electron chi connectivity index (χ0n) is 31.8. The minimum Gasteiger partial charge on any atom is -0.456 e. The second-order valence-corrected chi connectivity index (χ2v) is 15.5. The highest BCUT2D eigenvalue weighted by Crippen LogP contribution is 2.43. The first-order chi connectivity index (χ1) is 29.3. The van der Waals surface area contributed by atoms with E-state index in [1.165, 1.54) is 48.9 Å². The van der Waals surface area contributed by atoms with Gasteiger partial charge >= 0.3 is 0 Å². The fourth-order valence-corrected chi connectivity index (χ4v) is 9.73. The van der Waals surface area contributed by atoms with E-state index >= 15 is 0 Å². The number of para-hydroxylation sites is 4. The van der Waals surface area contributed by atoms with Crippen LogP contribution in [-0.4, -0.2) is 14.8 Å². The highest BCUT2D eigenvalue weighted by Gasteiger charge is 2.27. The summed E-state index contributed by atoms with van der Waals surface area (Å²) >= 11 is 0. The van der Waals surface area contributed by atoms with Gasteiger partial charge in [-0.05, 0) is 82.6 Å². The molecular formula is C54H34N4O. The largest absolute Gasteiger partial charge is 0.456 e. The quantitative estimate of drug-likeness (QED) is 0.194. The molecule has 0 fully saturated rings. The molecule has 0 amide bonds. The molecule has 1 unspecified atom stereocenters. The molecule has 1 atom stereocenters. The maximum atomic E-state index is 6.41. The Morgan fingerprint density at radius 2 is 1.17 bits per heavy atom. The van der Waals surface area contributed by atoms with Crippen molar-refractivity contribution in [3.05, 3.63) is 205 Å². The molecule has 1 N–H and O–H groups in total. The highest BCUT2D eigenvalue weighted by atomic mass is 16.3. The highest BCUT2D eigenvalue weighted by molar-refractivity contribution is 6.25. The van der Waals surface area contributed by atoms with Crippen LogP contribution in [-0.2, 0) is 0 Å². The molecule has 0 saturated heterocycles. The number of nitrogens with zero attached hydrogens (tertiary/aromatic N) is 3. The summed E-state index contributed by atoms with van der Waals surface area (Å²) in [6.45, 7) is 0. The third-order valence-corrected chi connectivity index (χ3v) is 12.3. The first-order valence-corrected chi connectivity index (χ1v) is 20.2. The van der Waals surface area contributed by atoms with Crippen LogP contribution in [0, 0.1) is 0 Å². The number of benzene rings is 9. The summed E-state index contributed by atoms with van der Waals surface area (Å²) in [4.78, 5) is 5.58. The molecule has 3 aromatic heterocycles. The van der Waals surface area contributed by atoms with Gasteiger partial charge in [-0.2, -0.15) is 0 Å². The third kappa shape index (κ3) is 4.70. The van der Waals surface area contributed by atoms with Gasteiger partial charge in [0.15, 0.2) is 0 Å². The average molecular weight is 755 g/mol. The van der Waals surface area contributed by atoms with Crippen molar-refractivity contribution in [1.82, 2.24) is 9.13 Å². The Labute approximate surface area is 338 Å². The van der Waals surface area contributed by atoms with E-state index in [0.717, 1.165) is 66.7 Å². The van der Waals surface area contributed by atoms with Crippen molar-refractivity contribution in [2.75, 3.05) is 5.32 Å². The summed E-state index contributed by atoms with van der Waals surface area (Å²) in [5.74, 6) is 0. The van der Waals surface area contributed by atoms with Crippen LogP contribution in [0.3, 0.4) is 0 Å². The van der Waals surface area contributed by atoms with E-state index in [4.69, 9.17) is 9.41 Å². The van der Waals surface area contributed by atoms with E-state index < -0.39 is 6.29 Å². The van der Waals surface area contributed by atoms with E-state index in [-0.39, 0.29) is 0 Å². The normalized spacial score (nSPS) is 14.2. The monoisotopic (exact) mass is 754 g/mol. The molecule has 4 heterocycles. The molecule has 0 bridgehead atoms. The summed E-state index contributed by atoms with van der Waals surface area (Å²) in [7, 11) is 0. The maximum Gasteiger partial charge on any atom is 0.201 e. The van der Waals surface area contributed by atoms with Crippen molar-refractivity contribution in [2.24, 2.45) is 4.99 Å². The van der Waals surface area contributed by atoms with Crippen LogP contribution in [0.15, 0.2) is 204 Å². The van der Waals surface area contributed by atoms with Gasteiger partial charge in [-0.25, -0.2) is 4.99 Å². The molecule has 5 heteroatoms. The van der Waals surface area contributed by atoms with Crippen LogP contribution in [0.5, 0.6) is 0 Å². The number of aliphatic imine (C=N–C) groups is 1. The van der Waals surface area contributed by atoms with E-state index in [2.05, 4.69) is 196 Å². The van der Waals surface area contributed by atoms with E-state index in [0.29, 0.717) is 0 Å². The number of hydrogen-bond acceptors (Lipinski definition) is 3. The number of rotatable bonds is 4. The molecule has 0 spiro atoms. The predicted molar refractivity (Wildman–Crippen MR) is 245 cm³/mol. The second kappa shape index (κ2) is 12.3. The number of furan rings is 1. The SMILES string of the molecule is c1ccc(-n2c3ccc(-c4ccc(C5=NC(n6c7ccccc7c7ccc8oc9ccccc9c8c76)Nc6ccccc65)cc4)cc3c3c4ccccc4ccc32)cc1. The Morgan fingerprint density at radius 3 is 2.07 bits per heavy atom. The van der Waals surface area contributed by atoms with Crippen molar-refractivity contribution in [3.8, 4) is 16.8 Å². The molecule has 12 aromatic rings. The Morgan fingerprint density at radius 1 is 0.458 bits per heavy atom. The second-order valence-electron chi connectivity index (χ2n) is 15.5. The van der Waals surface area contributed by atoms with Gasteiger partial charge in [0, 0.05) is 49.4 Å². The average Bonchev–Trinajstić information content (AvgIpc) is 3.96. The summed E-state index contributed by atoms with van der Waals surface area (Å²) in [6, 6.07) is 69.5. The van der Waals surface area contributed by atoms with Crippen LogP contribution in [0.4, 0.5) is 5.69 Å². The van der Waals surface area contributed by atoms with Gasteiger partial charge in [-0.3, -0.25) is 4.57 Å². The van der Waals surface area contributed by atoms with E-state index in [9.17, 15) is 0 Å². The summed E-state index contributed by atoms with van der Waals surface area (Å²) in [5, 5.41) is 13.4. The maximum absolute atomic E-state index is 6.41. The minimum atomic E-state index is -0.402. The van der Waals surface area contributed by atoms with Crippen molar-refractivity contribution in [3.63, 3.8) is 0 Å². The van der Waals surface area contributed by atoms with Gasteiger partial charge < -0.3 is 14.3 Å². The first kappa shape index (κ1) is 32.2. The molecule has 0 aliphatic carbocycles. The molecule has 5 nitrogen and oxygen atoms in total. The molecule has 1 aliphatic heterocycles. The van der Waals surface area contributed by atoms with Crippen molar-refractivity contribution in [2.45, 2.75) is 6.29 Å². The molecule has 13 rings (SSSR count). The van der Waals surface area contributed by atoms with E-state index in [1.54, 1.807) is 0 Å². The van der Waals surface area contributed by atoms with Crippen LogP contribution < -0.4 is 5.32 Å². The van der Waals surface area contributed by atoms with Crippen molar-refractivity contribution in [1.29, 1.82) is 0 Å². The van der Waals surface area contributed by atoms with Gasteiger partial charge in [-0.1, -0.05) is 133 Å². The van der Waals surface area contributed by atoms with Crippen LogP contribution in [0.2, 0.25) is 0 Å². The van der Waals surface area contributed by atoms with Crippen LogP contribution in [0.25, 0.3) is 93.1 Å². The number of fused-ring (bicyclic) bond motifs is 13. The number of nitrogens with one attached hydrogen (secondary N) is 1. The van der Waals surface area contributed by atoms with Crippen LogP contribution in [0.1, 0.15) is 17.4 Å². The first-order valence-electron chi connectivity index (χ1n) is 20.2. The Hall–Kier alpha value is -7.89. The molecule has 276 valence electrons. The zero-order chi connectivity index (χ0) is 38.6. The topological polar surface area (TPSA) is 47.4 Å². The molecule has 0 saturated carbocycles. The lowest BCUT2D eigenvalue weighted by atomic mass is 9.96. The number of aromatic nitrogens is 2. The van der Waals surface area contributed by atoms with Crippen molar-refractivity contribution >= 4 is 87.7 Å². The molecule has 9 aromatic carbocycles. The number of hydrogen-bond donors (Lipinski definition) is 1. The Bertz CT molecular complexity index is 3700. The zero-order valence-corrected chi connectivity index (χ0v) is 31.8. The van der Waals surface area contributed by atoms with Gasteiger partial charge in [-0.15, -0.1) is 0 Å². The van der Waals surface area contributed by atoms with Crippen LogP contribution >= 0.6 is 0 Å². The molecule has 0 radical (unpaired) electrons. The van der Waals surface area contributed by atoms with Gasteiger partial charge in [0.05, 0.1) is 33.2 Å². The summed E-state index contributed by atoms with van der Waals surface area (Å²) in [6.07, 6.45) is -0.402. The lowest BCUT2D eigenvalue weighted by molar-refractivity contribution is 0.625. The minimum absolute atomic E-state index is 0.402. The molecule has 59 heavy (non-hydrogen) atoms. The van der Waals surface area contributed by atoms with Gasteiger partial charge in [0.25, 0.3) is 0 Å². The number of anilines is 1. The smallest absolute Gasteiger partial charge is 0.201 e. The molecule has 1 aliphatic rings. The summed E-state index contributed by atoms with van der Waals surface area (Å²) in [5.41, 5.74) is 14.0. The standard InChI is InChI=1S/C54H34N4O/c1-2-13-37(14-3-1)57-46-29-27-36(32-43(46)50-38-15-5-4-12-34(38)26-30-47(50)57)33-22-24-35(25-23-33)52-41-17-6-9-19-44(41)55-54(56-52)58-45-20-10-7-16-39(45)40-28-31-49-51(53(40)58)42-18-8-11-21-48(42)59-49/h1-32,54-55H. The van der Waals surface area contributed by atoms with Gasteiger partial charge in [0.1, 0.15) is 11.2 Å². The third-order valence-electron chi connectivity index (χ3n) is 12.3. The fourth-order valence-electron chi connectivity index (χ4n) is 9.73. The summed E-state index contributed by atoms with van der Waals surface area (Å²) < 4.78 is 11.2. The molecular weight excluding hydrogens is 721 g/mol. The van der Waals surface area contributed by atoms with Gasteiger partial charge in [0.2, 0.25) is 6.29 Å². The lowest BCUT2D eigenvalue weighted by Gasteiger charge is -2.28.